The van der Waals surface area contributed by atoms with Gasteiger partial charge in [0, 0.05) is 24.0 Å². The van der Waals surface area contributed by atoms with Crippen LogP contribution in [0, 0.1) is 6.92 Å². The van der Waals surface area contributed by atoms with Gasteiger partial charge in [-0.3, -0.25) is 0 Å². The van der Waals surface area contributed by atoms with Gasteiger partial charge >= 0.3 is 12.1 Å². The lowest BCUT2D eigenvalue weighted by atomic mass is 10.1. The van der Waals surface area contributed by atoms with Crippen molar-refractivity contribution >= 4 is 21.4 Å². The molecule has 0 aliphatic rings. The number of benzene rings is 1. The van der Waals surface area contributed by atoms with Crippen LogP contribution in [0.5, 0.6) is 0 Å². The molecule has 0 saturated carbocycles. The van der Waals surface area contributed by atoms with Gasteiger partial charge in [0.25, 0.3) is 10.0 Å². The molecule has 0 atom stereocenters. The van der Waals surface area contributed by atoms with Gasteiger partial charge in [-0.15, -0.1) is 11.3 Å². The predicted octanol–water partition coefficient (Wildman–Crippen LogP) is 3.95. The van der Waals surface area contributed by atoms with E-state index < -0.39 is 22.1 Å². The van der Waals surface area contributed by atoms with Gasteiger partial charge in [-0.2, -0.15) is 22.5 Å². The van der Waals surface area contributed by atoms with E-state index in [0.717, 1.165) is 4.88 Å². The quantitative estimate of drug-likeness (QED) is 0.628. The Morgan fingerprint density at radius 1 is 1.15 bits per heavy atom. The Hall–Kier alpha value is -2.24. The summed E-state index contributed by atoms with van der Waals surface area (Å²) in [5.41, 5.74) is 0.995. The van der Waals surface area contributed by atoms with Crippen LogP contribution in [0.15, 0.2) is 45.1 Å². The molecule has 144 valence electrons. The third kappa shape index (κ3) is 4.20. The summed E-state index contributed by atoms with van der Waals surface area (Å²) in [4.78, 5) is 4.21. The first-order valence-electron chi connectivity index (χ1n) is 7.60. The maximum Gasteiger partial charge on any atom is 0.471 e. The molecule has 0 aliphatic heterocycles. The normalized spacial score (nSPS) is 12.7. The predicted molar refractivity (Wildman–Crippen MR) is 92.4 cm³/mol. The maximum absolute atomic E-state index is 12.5. The second-order valence-corrected chi connectivity index (χ2v) is 9.30. The Morgan fingerprint density at radius 2 is 1.81 bits per heavy atom. The van der Waals surface area contributed by atoms with Crippen LogP contribution in [0.25, 0.3) is 11.4 Å². The molecule has 0 spiro atoms. The zero-order chi connectivity index (χ0) is 19.8. The lowest BCUT2D eigenvalue weighted by Gasteiger charge is -2.16. The van der Waals surface area contributed by atoms with Crippen molar-refractivity contribution in [3.63, 3.8) is 0 Å². The smallest absolute Gasteiger partial charge is 0.329 e. The Balaban J connectivity index is 1.75. The van der Waals surface area contributed by atoms with Crippen molar-refractivity contribution < 1.29 is 26.1 Å². The highest BCUT2D eigenvalue weighted by molar-refractivity contribution is 7.91. The van der Waals surface area contributed by atoms with Gasteiger partial charge in [0.1, 0.15) is 4.21 Å². The van der Waals surface area contributed by atoms with E-state index in [2.05, 4.69) is 14.7 Å². The summed E-state index contributed by atoms with van der Waals surface area (Å²) in [7, 11) is -2.14. The second kappa shape index (κ2) is 7.06. The Morgan fingerprint density at radius 3 is 2.33 bits per heavy atom. The summed E-state index contributed by atoms with van der Waals surface area (Å²) >= 11 is 1.19. The average molecular weight is 417 g/mol. The zero-order valence-electron chi connectivity index (χ0n) is 14.2. The van der Waals surface area contributed by atoms with Gasteiger partial charge in [0.15, 0.2) is 0 Å². The van der Waals surface area contributed by atoms with Crippen LogP contribution in [-0.2, 0) is 22.7 Å². The minimum Gasteiger partial charge on any atom is -0.329 e. The van der Waals surface area contributed by atoms with Crippen molar-refractivity contribution in [2.75, 3.05) is 7.05 Å². The molecular formula is C16H14F3N3O3S2. The van der Waals surface area contributed by atoms with Crippen LogP contribution in [0.2, 0.25) is 0 Å². The van der Waals surface area contributed by atoms with Crippen molar-refractivity contribution in [3.05, 3.63) is 52.7 Å². The summed E-state index contributed by atoms with van der Waals surface area (Å²) in [6.45, 7) is 1.93. The number of hydrogen-bond acceptors (Lipinski definition) is 6. The number of sulfonamides is 1. The van der Waals surface area contributed by atoms with E-state index >= 15 is 0 Å². The fourth-order valence-corrected chi connectivity index (χ4v) is 4.91. The van der Waals surface area contributed by atoms with Crippen LogP contribution < -0.4 is 0 Å². The van der Waals surface area contributed by atoms with Gasteiger partial charge in [-0.1, -0.05) is 29.4 Å². The highest BCUT2D eigenvalue weighted by Gasteiger charge is 2.38. The van der Waals surface area contributed by atoms with Crippen LogP contribution >= 0.6 is 11.3 Å². The van der Waals surface area contributed by atoms with E-state index in [0.29, 0.717) is 11.1 Å². The van der Waals surface area contributed by atoms with Gasteiger partial charge in [0.2, 0.25) is 5.82 Å². The Kier molecular flexibility index (Phi) is 5.10. The monoisotopic (exact) mass is 417 g/mol. The highest BCUT2D eigenvalue weighted by Crippen LogP contribution is 2.29. The minimum absolute atomic E-state index is 0.111. The standard InChI is InChI=1S/C16H14F3N3O3S2/c1-10-3-8-13(26-10)27(23,24)22(2)9-11-4-6-12(7-5-11)14-20-15(25-21-14)16(17,18)19/h3-8H,9H2,1-2H3. The van der Waals surface area contributed by atoms with Crippen molar-refractivity contribution in [1.82, 2.24) is 14.4 Å². The molecule has 3 rings (SSSR count). The molecule has 0 fully saturated rings. The van der Waals surface area contributed by atoms with E-state index in [1.807, 2.05) is 6.92 Å². The topological polar surface area (TPSA) is 76.3 Å². The number of hydrogen-bond donors (Lipinski definition) is 0. The van der Waals surface area contributed by atoms with Crippen molar-refractivity contribution in [3.8, 4) is 11.4 Å². The van der Waals surface area contributed by atoms with Crippen molar-refractivity contribution in [2.24, 2.45) is 0 Å². The van der Waals surface area contributed by atoms with Gasteiger partial charge < -0.3 is 4.52 Å². The largest absolute Gasteiger partial charge is 0.471 e. The first-order valence-corrected chi connectivity index (χ1v) is 9.86. The molecule has 0 bridgehead atoms. The molecule has 0 aliphatic carbocycles. The molecule has 2 heterocycles. The molecule has 1 aromatic carbocycles. The minimum atomic E-state index is -4.71. The summed E-state index contributed by atoms with van der Waals surface area (Å²) in [6, 6.07) is 9.52. The van der Waals surface area contributed by atoms with Gasteiger partial charge in [-0.05, 0) is 24.6 Å². The first-order chi connectivity index (χ1) is 12.6. The zero-order valence-corrected chi connectivity index (χ0v) is 15.8. The molecule has 0 amide bonds. The van der Waals surface area contributed by atoms with E-state index in [1.54, 1.807) is 24.3 Å². The number of thiophene rings is 1. The van der Waals surface area contributed by atoms with Crippen LogP contribution in [0.1, 0.15) is 16.3 Å². The van der Waals surface area contributed by atoms with E-state index in [9.17, 15) is 21.6 Å². The summed E-state index contributed by atoms with van der Waals surface area (Å²) in [6.07, 6.45) is -4.71. The Bertz CT molecular complexity index is 1040. The number of aryl methyl sites for hydroxylation is 1. The molecule has 27 heavy (non-hydrogen) atoms. The molecule has 6 nitrogen and oxygen atoms in total. The van der Waals surface area contributed by atoms with Gasteiger partial charge in [-0.25, -0.2) is 8.42 Å². The number of rotatable bonds is 5. The van der Waals surface area contributed by atoms with Crippen LogP contribution in [-0.4, -0.2) is 29.9 Å². The first kappa shape index (κ1) is 19.5. The number of nitrogens with zero attached hydrogens (tertiary/aromatic N) is 3. The molecule has 3 aromatic rings. The molecule has 0 saturated heterocycles. The fraction of sp³-hybridized carbons (Fsp3) is 0.250. The van der Waals surface area contributed by atoms with Crippen molar-refractivity contribution in [1.29, 1.82) is 0 Å². The second-order valence-electron chi connectivity index (χ2n) is 5.74. The fourth-order valence-electron chi connectivity index (χ4n) is 2.26. The average Bonchev–Trinajstić information content (AvgIpc) is 3.24. The van der Waals surface area contributed by atoms with E-state index in [1.165, 1.54) is 34.8 Å². The highest BCUT2D eigenvalue weighted by atomic mass is 32.2. The van der Waals surface area contributed by atoms with Crippen LogP contribution in [0.4, 0.5) is 13.2 Å². The molecular weight excluding hydrogens is 403 g/mol. The van der Waals surface area contributed by atoms with E-state index in [4.69, 9.17) is 0 Å². The molecule has 2 aromatic heterocycles. The number of alkyl halides is 3. The summed E-state index contributed by atoms with van der Waals surface area (Å²) in [5, 5.41) is 3.31. The third-order valence-corrected chi connectivity index (χ3v) is 6.94. The summed E-state index contributed by atoms with van der Waals surface area (Å²) in [5.74, 6) is -1.61. The van der Waals surface area contributed by atoms with Gasteiger partial charge in [0.05, 0.1) is 0 Å². The lowest BCUT2D eigenvalue weighted by molar-refractivity contribution is -0.159. The Labute approximate surface area is 157 Å². The number of aromatic nitrogens is 2. The van der Waals surface area contributed by atoms with Crippen LogP contribution in [0.3, 0.4) is 0 Å². The summed E-state index contributed by atoms with van der Waals surface area (Å²) < 4.78 is 68.3. The SMILES string of the molecule is Cc1ccc(S(=O)(=O)N(C)Cc2ccc(-c3noc(C(F)(F)F)n3)cc2)s1. The molecule has 0 N–H and O–H groups in total. The molecule has 0 unspecified atom stereocenters. The van der Waals surface area contributed by atoms with E-state index in [-0.39, 0.29) is 16.6 Å². The lowest BCUT2D eigenvalue weighted by Crippen LogP contribution is -2.25. The molecule has 11 heteroatoms. The maximum atomic E-state index is 12.5. The third-order valence-electron chi connectivity index (χ3n) is 3.67. The molecule has 0 radical (unpaired) electrons. The number of halogens is 3. The van der Waals surface area contributed by atoms with Crippen molar-refractivity contribution in [2.45, 2.75) is 23.9 Å².